The molecule has 1 aromatic carbocycles. The van der Waals surface area contributed by atoms with Crippen LogP contribution in [0, 0.1) is 5.92 Å². The molecule has 0 spiro atoms. The van der Waals surface area contributed by atoms with E-state index in [0.29, 0.717) is 18.5 Å². The summed E-state index contributed by atoms with van der Waals surface area (Å²) in [5.41, 5.74) is 1.46. The number of rotatable bonds is 2. The molecule has 1 saturated carbocycles. The Morgan fingerprint density at radius 3 is 2.80 bits per heavy atom. The molecule has 1 heterocycles. The zero-order chi connectivity index (χ0) is 14.2. The first kappa shape index (κ1) is 13.3. The maximum atomic E-state index is 13.1. The van der Waals surface area contributed by atoms with Crippen LogP contribution in [0.15, 0.2) is 24.4 Å². The Kier molecular flexibility index (Phi) is 3.31. The van der Waals surface area contributed by atoms with Gasteiger partial charge in [-0.15, -0.1) is 0 Å². The molecule has 2 atom stereocenters. The van der Waals surface area contributed by atoms with E-state index in [4.69, 9.17) is 0 Å². The third-order valence-corrected chi connectivity index (χ3v) is 4.00. The van der Waals surface area contributed by atoms with Gasteiger partial charge in [-0.1, -0.05) is 25.0 Å². The third-order valence-electron chi connectivity index (χ3n) is 4.00. The summed E-state index contributed by atoms with van der Waals surface area (Å²) < 4.78 is 39.3. The molecule has 1 aromatic heterocycles. The third kappa shape index (κ3) is 2.46. The van der Waals surface area contributed by atoms with E-state index in [2.05, 4.69) is 15.5 Å². The number of H-pyrrole nitrogens is 1. The lowest BCUT2D eigenvalue weighted by Gasteiger charge is -2.34. The van der Waals surface area contributed by atoms with Gasteiger partial charge in [0.2, 0.25) is 0 Å². The van der Waals surface area contributed by atoms with E-state index in [-0.39, 0.29) is 6.42 Å². The number of hydrogen-bond donors (Lipinski definition) is 2. The molecule has 2 unspecified atom stereocenters. The second-order valence-corrected chi connectivity index (χ2v) is 5.32. The first-order chi connectivity index (χ1) is 9.55. The number of aromatic nitrogens is 2. The van der Waals surface area contributed by atoms with Crippen LogP contribution in [0.1, 0.15) is 25.7 Å². The van der Waals surface area contributed by atoms with Gasteiger partial charge >= 0.3 is 6.18 Å². The topological polar surface area (TPSA) is 40.7 Å². The number of aromatic amines is 1. The summed E-state index contributed by atoms with van der Waals surface area (Å²) in [7, 11) is 0. The summed E-state index contributed by atoms with van der Waals surface area (Å²) in [6.07, 6.45) is -0.225. The second-order valence-electron chi connectivity index (χ2n) is 5.32. The van der Waals surface area contributed by atoms with Crippen molar-refractivity contribution in [3.05, 3.63) is 24.4 Å². The highest BCUT2D eigenvalue weighted by Gasteiger charge is 2.45. The molecule has 6 heteroatoms. The zero-order valence-corrected chi connectivity index (χ0v) is 10.9. The molecule has 3 nitrogen and oxygen atoms in total. The maximum Gasteiger partial charge on any atom is 0.393 e. The van der Waals surface area contributed by atoms with Crippen LogP contribution in [0.25, 0.3) is 10.9 Å². The molecule has 0 saturated heterocycles. The van der Waals surface area contributed by atoms with Crippen molar-refractivity contribution in [2.75, 3.05) is 5.32 Å². The van der Waals surface area contributed by atoms with E-state index in [0.717, 1.165) is 17.3 Å². The van der Waals surface area contributed by atoms with Crippen molar-refractivity contribution in [3.63, 3.8) is 0 Å². The van der Waals surface area contributed by atoms with Crippen molar-refractivity contribution in [1.82, 2.24) is 10.2 Å². The minimum Gasteiger partial charge on any atom is -0.380 e. The monoisotopic (exact) mass is 283 g/mol. The predicted molar refractivity (Wildman–Crippen MR) is 71.5 cm³/mol. The van der Waals surface area contributed by atoms with Gasteiger partial charge in [-0.05, 0) is 18.9 Å². The van der Waals surface area contributed by atoms with Crippen molar-refractivity contribution < 1.29 is 13.2 Å². The molecule has 108 valence electrons. The van der Waals surface area contributed by atoms with Crippen molar-refractivity contribution in [2.45, 2.75) is 37.9 Å². The lowest BCUT2D eigenvalue weighted by Crippen LogP contribution is -2.41. The lowest BCUT2D eigenvalue weighted by atomic mass is 9.84. The van der Waals surface area contributed by atoms with Gasteiger partial charge in [0.25, 0.3) is 0 Å². The molecule has 3 rings (SSSR count). The molecule has 2 N–H and O–H groups in total. The molecule has 1 aliphatic rings. The Labute approximate surface area is 114 Å². The number of fused-ring (bicyclic) bond motifs is 1. The number of nitrogens with one attached hydrogen (secondary N) is 2. The Balaban J connectivity index is 1.87. The molecule has 0 aliphatic heterocycles. The van der Waals surface area contributed by atoms with Gasteiger partial charge in [-0.3, -0.25) is 5.10 Å². The molecule has 0 radical (unpaired) electrons. The molecular formula is C14H16F3N3. The van der Waals surface area contributed by atoms with Gasteiger partial charge in [0.15, 0.2) is 0 Å². The van der Waals surface area contributed by atoms with Crippen molar-refractivity contribution in [2.24, 2.45) is 5.92 Å². The van der Waals surface area contributed by atoms with Crippen molar-refractivity contribution >= 4 is 16.6 Å². The summed E-state index contributed by atoms with van der Waals surface area (Å²) in [5, 5.41) is 10.7. The second kappa shape index (κ2) is 5.00. The summed E-state index contributed by atoms with van der Waals surface area (Å²) in [6, 6.07) is 4.94. The molecule has 0 amide bonds. The molecule has 2 aromatic rings. The maximum absolute atomic E-state index is 13.1. The van der Waals surface area contributed by atoms with Crippen LogP contribution in [0.2, 0.25) is 0 Å². The van der Waals surface area contributed by atoms with E-state index in [1.165, 1.54) is 0 Å². The van der Waals surface area contributed by atoms with Crippen molar-refractivity contribution in [1.29, 1.82) is 0 Å². The summed E-state index contributed by atoms with van der Waals surface area (Å²) in [6.45, 7) is 0. The van der Waals surface area contributed by atoms with Crippen LogP contribution in [0.3, 0.4) is 0 Å². The van der Waals surface area contributed by atoms with Gasteiger partial charge < -0.3 is 5.32 Å². The lowest BCUT2D eigenvalue weighted by molar-refractivity contribution is -0.184. The minimum atomic E-state index is -4.14. The highest BCUT2D eigenvalue weighted by molar-refractivity contribution is 5.90. The fourth-order valence-electron chi connectivity index (χ4n) is 2.98. The van der Waals surface area contributed by atoms with Gasteiger partial charge in [-0.2, -0.15) is 18.3 Å². The largest absolute Gasteiger partial charge is 0.393 e. The van der Waals surface area contributed by atoms with Gasteiger partial charge in [0.05, 0.1) is 23.3 Å². The molecule has 20 heavy (non-hydrogen) atoms. The number of halogens is 3. The number of anilines is 1. The highest BCUT2D eigenvalue weighted by atomic mass is 19.4. The summed E-state index contributed by atoms with van der Waals surface area (Å²) >= 11 is 0. The highest BCUT2D eigenvalue weighted by Crippen LogP contribution is 2.39. The Morgan fingerprint density at radius 1 is 1.20 bits per heavy atom. The smallest absolute Gasteiger partial charge is 0.380 e. The Hall–Kier alpha value is -1.72. The number of hydrogen-bond acceptors (Lipinski definition) is 2. The number of alkyl halides is 3. The number of para-hydroxylation sites is 1. The van der Waals surface area contributed by atoms with Gasteiger partial charge in [-0.25, -0.2) is 0 Å². The van der Waals surface area contributed by atoms with Gasteiger partial charge in [0.1, 0.15) is 0 Å². The van der Waals surface area contributed by atoms with E-state index < -0.39 is 18.1 Å². The zero-order valence-electron chi connectivity index (χ0n) is 10.9. The van der Waals surface area contributed by atoms with Crippen LogP contribution in [0.4, 0.5) is 18.9 Å². The van der Waals surface area contributed by atoms with E-state index in [1.807, 2.05) is 12.1 Å². The molecular weight excluding hydrogens is 267 g/mol. The minimum absolute atomic E-state index is 0.208. The van der Waals surface area contributed by atoms with E-state index in [1.54, 1.807) is 12.3 Å². The summed E-state index contributed by atoms with van der Waals surface area (Å²) in [5.74, 6) is -1.27. The fourth-order valence-corrected chi connectivity index (χ4v) is 2.98. The Bertz CT molecular complexity index is 591. The van der Waals surface area contributed by atoms with E-state index >= 15 is 0 Å². The van der Waals surface area contributed by atoms with Crippen LogP contribution in [-0.4, -0.2) is 22.4 Å². The van der Waals surface area contributed by atoms with Crippen molar-refractivity contribution in [3.8, 4) is 0 Å². The normalized spacial score (nSPS) is 23.9. The molecule has 1 fully saturated rings. The molecule has 0 bridgehead atoms. The van der Waals surface area contributed by atoms with Crippen LogP contribution in [-0.2, 0) is 0 Å². The standard InChI is InChI=1S/C14H16F3N3/c15-14(16,17)10-5-1-2-6-11(10)19-12-7-3-4-9-8-18-20-13(9)12/h3-4,7-8,10-11,19H,1-2,5-6H2,(H,18,20). The van der Waals surface area contributed by atoms with Crippen LogP contribution in [0.5, 0.6) is 0 Å². The quantitative estimate of drug-likeness (QED) is 0.871. The average molecular weight is 283 g/mol. The average Bonchev–Trinajstić information content (AvgIpc) is 2.87. The van der Waals surface area contributed by atoms with Crippen LogP contribution >= 0.6 is 0 Å². The van der Waals surface area contributed by atoms with Gasteiger partial charge in [0, 0.05) is 11.4 Å². The van der Waals surface area contributed by atoms with Crippen LogP contribution < -0.4 is 5.32 Å². The first-order valence-electron chi connectivity index (χ1n) is 6.81. The molecule has 1 aliphatic carbocycles. The predicted octanol–water partition coefficient (Wildman–Crippen LogP) is 4.10. The first-order valence-corrected chi connectivity index (χ1v) is 6.81. The summed E-state index contributed by atoms with van der Waals surface area (Å²) in [4.78, 5) is 0. The Morgan fingerprint density at radius 2 is 2.00 bits per heavy atom. The number of benzene rings is 1. The van der Waals surface area contributed by atoms with E-state index in [9.17, 15) is 13.2 Å². The number of nitrogens with zero attached hydrogens (tertiary/aromatic N) is 1. The fraction of sp³-hybridized carbons (Fsp3) is 0.500. The SMILES string of the molecule is FC(F)(F)C1CCCCC1Nc1cccc2cn[nH]c12.